The summed E-state index contributed by atoms with van der Waals surface area (Å²) in [6.45, 7) is 1.78. The molecule has 1 atom stereocenters. The molecule has 0 radical (unpaired) electrons. The van der Waals surface area contributed by atoms with E-state index >= 15 is 0 Å². The SMILES string of the molecule is Cn1nccc1C(=O)N1CCOC(Cc2cccnc2)C1. The number of hydrogen-bond acceptors (Lipinski definition) is 4. The number of carbonyl (C=O) groups excluding carboxylic acids is 1. The molecule has 0 aromatic carbocycles. The molecule has 1 amide bonds. The first-order valence-corrected chi connectivity index (χ1v) is 7.02. The van der Waals surface area contributed by atoms with Crippen molar-refractivity contribution in [2.75, 3.05) is 19.7 Å². The van der Waals surface area contributed by atoms with Crippen molar-refractivity contribution in [2.45, 2.75) is 12.5 Å². The second-order valence-corrected chi connectivity index (χ2v) is 5.15. The summed E-state index contributed by atoms with van der Waals surface area (Å²) in [6, 6.07) is 5.68. The van der Waals surface area contributed by atoms with Gasteiger partial charge in [-0.2, -0.15) is 5.10 Å². The molecule has 3 rings (SSSR count). The number of aryl methyl sites for hydroxylation is 1. The number of nitrogens with zero attached hydrogens (tertiary/aromatic N) is 4. The summed E-state index contributed by atoms with van der Waals surface area (Å²) in [5, 5.41) is 4.05. The Balaban J connectivity index is 1.66. The predicted molar refractivity (Wildman–Crippen MR) is 76.8 cm³/mol. The molecule has 1 saturated heterocycles. The molecule has 21 heavy (non-hydrogen) atoms. The Morgan fingerprint density at radius 1 is 1.43 bits per heavy atom. The number of carbonyl (C=O) groups is 1. The molecule has 6 heteroatoms. The van der Waals surface area contributed by atoms with Crippen molar-refractivity contribution in [1.82, 2.24) is 19.7 Å². The highest BCUT2D eigenvalue weighted by Crippen LogP contribution is 2.13. The molecule has 1 aliphatic rings. The zero-order chi connectivity index (χ0) is 14.7. The maximum absolute atomic E-state index is 12.5. The lowest BCUT2D eigenvalue weighted by Crippen LogP contribution is -2.46. The lowest BCUT2D eigenvalue weighted by Gasteiger charge is -2.33. The van der Waals surface area contributed by atoms with Gasteiger partial charge in [0.15, 0.2) is 0 Å². The first-order valence-electron chi connectivity index (χ1n) is 7.02. The van der Waals surface area contributed by atoms with E-state index in [2.05, 4.69) is 10.1 Å². The first kappa shape index (κ1) is 13.8. The number of pyridine rings is 1. The van der Waals surface area contributed by atoms with E-state index in [9.17, 15) is 4.79 Å². The number of aromatic nitrogens is 3. The Labute approximate surface area is 123 Å². The normalized spacial score (nSPS) is 18.7. The van der Waals surface area contributed by atoms with Gasteiger partial charge in [-0.1, -0.05) is 6.07 Å². The van der Waals surface area contributed by atoms with Gasteiger partial charge in [0.1, 0.15) is 5.69 Å². The molecule has 1 aliphatic heterocycles. The molecular weight excluding hydrogens is 268 g/mol. The maximum atomic E-state index is 12.5. The second-order valence-electron chi connectivity index (χ2n) is 5.15. The summed E-state index contributed by atoms with van der Waals surface area (Å²) >= 11 is 0. The standard InChI is InChI=1S/C15H18N4O2/c1-18-14(4-6-17-18)15(20)19-7-8-21-13(11-19)9-12-3-2-5-16-10-12/h2-6,10,13H,7-9,11H2,1H3. The van der Waals surface area contributed by atoms with Crippen LogP contribution in [0.15, 0.2) is 36.8 Å². The zero-order valence-corrected chi connectivity index (χ0v) is 12.0. The van der Waals surface area contributed by atoms with Crippen molar-refractivity contribution in [3.05, 3.63) is 48.0 Å². The molecular formula is C15H18N4O2. The molecule has 1 unspecified atom stereocenters. The number of hydrogen-bond donors (Lipinski definition) is 0. The largest absolute Gasteiger partial charge is 0.374 e. The summed E-state index contributed by atoms with van der Waals surface area (Å²) in [5.74, 6) is 0.00878. The van der Waals surface area contributed by atoms with Crippen LogP contribution in [0.25, 0.3) is 0 Å². The third-order valence-corrected chi connectivity index (χ3v) is 3.65. The summed E-state index contributed by atoms with van der Waals surface area (Å²) < 4.78 is 7.37. The van der Waals surface area contributed by atoms with Gasteiger partial charge in [0.05, 0.1) is 12.7 Å². The van der Waals surface area contributed by atoms with E-state index in [1.165, 1.54) is 0 Å². The number of rotatable bonds is 3. The summed E-state index contributed by atoms with van der Waals surface area (Å²) in [6.07, 6.45) is 6.01. The molecule has 0 bridgehead atoms. The van der Waals surface area contributed by atoms with Gasteiger partial charge in [0, 0.05) is 45.1 Å². The molecule has 0 aliphatic carbocycles. The van der Waals surface area contributed by atoms with Crippen LogP contribution in [0.5, 0.6) is 0 Å². The van der Waals surface area contributed by atoms with Crippen LogP contribution in [0.2, 0.25) is 0 Å². The Morgan fingerprint density at radius 3 is 3.05 bits per heavy atom. The highest BCUT2D eigenvalue weighted by atomic mass is 16.5. The van der Waals surface area contributed by atoms with Crippen molar-refractivity contribution in [1.29, 1.82) is 0 Å². The van der Waals surface area contributed by atoms with Crippen molar-refractivity contribution in [2.24, 2.45) is 7.05 Å². The maximum Gasteiger partial charge on any atom is 0.272 e. The number of amides is 1. The second kappa shape index (κ2) is 6.05. The van der Waals surface area contributed by atoms with Crippen LogP contribution in [0.4, 0.5) is 0 Å². The average molecular weight is 286 g/mol. The Kier molecular flexibility index (Phi) is 3.96. The lowest BCUT2D eigenvalue weighted by atomic mass is 10.1. The van der Waals surface area contributed by atoms with Crippen LogP contribution >= 0.6 is 0 Å². The fraction of sp³-hybridized carbons (Fsp3) is 0.400. The summed E-state index contributed by atoms with van der Waals surface area (Å²) in [7, 11) is 1.78. The monoisotopic (exact) mass is 286 g/mol. The van der Waals surface area contributed by atoms with Gasteiger partial charge in [-0.15, -0.1) is 0 Å². The summed E-state index contributed by atoms with van der Waals surface area (Å²) in [5.41, 5.74) is 1.73. The van der Waals surface area contributed by atoms with Crippen LogP contribution < -0.4 is 0 Å². The van der Waals surface area contributed by atoms with Gasteiger partial charge < -0.3 is 9.64 Å². The predicted octanol–water partition coefficient (Wildman–Crippen LogP) is 0.899. The third kappa shape index (κ3) is 3.11. The third-order valence-electron chi connectivity index (χ3n) is 3.65. The first-order chi connectivity index (χ1) is 10.2. The summed E-state index contributed by atoms with van der Waals surface area (Å²) in [4.78, 5) is 18.4. The smallest absolute Gasteiger partial charge is 0.272 e. The van der Waals surface area contributed by atoms with Crippen molar-refractivity contribution >= 4 is 5.91 Å². The lowest BCUT2D eigenvalue weighted by molar-refractivity contribution is -0.0212. The molecule has 2 aromatic rings. The van der Waals surface area contributed by atoms with E-state index in [4.69, 9.17) is 4.74 Å². The van der Waals surface area contributed by atoms with Crippen LogP contribution in [0.3, 0.4) is 0 Å². The molecule has 6 nitrogen and oxygen atoms in total. The van der Waals surface area contributed by atoms with E-state index in [1.807, 2.05) is 23.2 Å². The van der Waals surface area contributed by atoms with Gasteiger partial charge >= 0.3 is 0 Å². The van der Waals surface area contributed by atoms with E-state index in [0.29, 0.717) is 25.4 Å². The highest BCUT2D eigenvalue weighted by molar-refractivity contribution is 5.92. The molecule has 0 saturated carbocycles. The zero-order valence-electron chi connectivity index (χ0n) is 12.0. The Hall–Kier alpha value is -2.21. The molecule has 110 valence electrons. The molecule has 1 fully saturated rings. The van der Waals surface area contributed by atoms with Crippen LogP contribution in [-0.2, 0) is 18.2 Å². The number of ether oxygens (including phenoxy) is 1. The van der Waals surface area contributed by atoms with Gasteiger partial charge in [-0.3, -0.25) is 14.5 Å². The minimum Gasteiger partial charge on any atom is -0.374 e. The highest BCUT2D eigenvalue weighted by Gasteiger charge is 2.26. The minimum absolute atomic E-state index is 0.00878. The molecule has 3 heterocycles. The minimum atomic E-state index is 0.00878. The topological polar surface area (TPSA) is 60.2 Å². The fourth-order valence-electron chi connectivity index (χ4n) is 2.55. The Morgan fingerprint density at radius 2 is 2.33 bits per heavy atom. The van der Waals surface area contributed by atoms with E-state index in [0.717, 1.165) is 12.0 Å². The van der Waals surface area contributed by atoms with Crippen LogP contribution in [0.1, 0.15) is 16.1 Å². The molecule has 0 spiro atoms. The number of morpholine rings is 1. The average Bonchev–Trinajstić information content (AvgIpc) is 2.94. The van der Waals surface area contributed by atoms with Crippen LogP contribution in [-0.4, -0.2) is 51.4 Å². The van der Waals surface area contributed by atoms with Crippen molar-refractivity contribution < 1.29 is 9.53 Å². The van der Waals surface area contributed by atoms with Gasteiger partial charge in [-0.25, -0.2) is 0 Å². The molecule has 2 aromatic heterocycles. The Bertz CT molecular complexity index is 611. The van der Waals surface area contributed by atoms with Crippen LogP contribution in [0, 0.1) is 0 Å². The van der Waals surface area contributed by atoms with Crippen molar-refractivity contribution in [3.63, 3.8) is 0 Å². The van der Waals surface area contributed by atoms with Gasteiger partial charge in [0.25, 0.3) is 5.91 Å². The van der Waals surface area contributed by atoms with Gasteiger partial charge in [0.2, 0.25) is 0 Å². The van der Waals surface area contributed by atoms with E-state index < -0.39 is 0 Å². The van der Waals surface area contributed by atoms with Crippen molar-refractivity contribution in [3.8, 4) is 0 Å². The fourth-order valence-corrected chi connectivity index (χ4v) is 2.55. The van der Waals surface area contributed by atoms with E-state index in [-0.39, 0.29) is 12.0 Å². The quantitative estimate of drug-likeness (QED) is 0.841. The van der Waals surface area contributed by atoms with E-state index in [1.54, 1.807) is 30.2 Å². The van der Waals surface area contributed by atoms with Gasteiger partial charge in [-0.05, 0) is 17.7 Å². The molecule has 0 N–H and O–H groups in total.